The molecule has 1 aliphatic rings. The fourth-order valence-electron chi connectivity index (χ4n) is 3.03. The summed E-state index contributed by atoms with van der Waals surface area (Å²) < 4.78 is 0. The van der Waals surface area contributed by atoms with E-state index in [0.717, 1.165) is 32.2 Å². The average molecular weight is 233 g/mol. The van der Waals surface area contributed by atoms with E-state index in [4.69, 9.17) is 0 Å². The Hall–Kier alpha value is -0.860. The van der Waals surface area contributed by atoms with E-state index in [1.807, 2.05) is 7.05 Å². The molecule has 17 heavy (non-hydrogen) atoms. The van der Waals surface area contributed by atoms with E-state index in [1.165, 1.54) is 22.3 Å². The van der Waals surface area contributed by atoms with Gasteiger partial charge in [-0.15, -0.1) is 0 Å². The third kappa shape index (κ3) is 2.38. The summed E-state index contributed by atoms with van der Waals surface area (Å²) in [6.07, 6.45) is 3.91. The van der Waals surface area contributed by atoms with Gasteiger partial charge in [-0.2, -0.15) is 0 Å². The Labute approximate surface area is 104 Å². The van der Waals surface area contributed by atoms with E-state index >= 15 is 0 Å². The summed E-state index contributed by atoms with van der Waals surface area (Å²) in [6.45, 7) is 5.14. The monoisotopic (exact) mass is 233 g/mol. The van der Waals surface area contributed by atoms with Gasteiger partial charge in [0.2, 0.25) is 0 Å². The molecule has 0 fully saturated rings. The Morgan fingerprint density at radius 2 is 2.12 bits per heavy atom. The molecule has 1 aliphatic carbocycles. The van der Waals surface area contributed by atoms with Crippen molar-refractivity contribution in [2.75, 3.05) is 13.6 Å². The molecule has 0 saturated heterocycles. The zero-order chi connectivity index (χ0) is 12.5. The molecule has 1 aromatic rings. The number of aryl methyl sites for hydroxylation is 2. The van der Waals surface area contributed by atoms with Gasteiger partial charge in [0.1, 0.15) is 0 Å². The lowest BCUT2D eigenvalue weighted by Gasteiger charge is -2.36. The molecule has 0 heterocycles. The van der Waals surface area contributed by atoms with Crippen molar-refractivity contribution in [1.29, 1.82) is 0 Å². The Balaban J connectivity index is 2.42. The third-order valence-corrected chi connectivity index (χ3v) is 3.92. The van der Waals surface area contributed by atoms with Crippen molar-refractivity contribution in [1.82, 2.24) is 5.32 Å². The molecular formula is C15H23NO. The van der Waals surface area contributed by atoms with Gasteiger partial charge in [-0.25, -0.2) is 0 Å². The average Bonchev–Trinajstić information content (AvgIpc) is 2.28. The number of hydrogen-bond donors (Lipinski definition) is 2. The highest BCUT2D eigenvalue weighted by molar-refractivity contribution is 5.43. The number of aliphatic hydroxyl groups is 1. The SMILES string of the molecule is CNCCC1(O)CCCc2c(C)cc(C)cc21. The molecule has 0 bridgehead atoms. The van der Waals surface area contributed by atoms with Crippen molar-refractivity contribution in [3.63, 3.8) is 0 Å². The van der Waals surface area contributed by atoms with Crippen LogP contribution in [0.3, 0.4) is 0 Å². The first-order chi connectivity index (χ1) is 8.07. The van der Waals surface area contributed by atoms with Crippen LogP contribution in [0, 0.1) is 13.8 Å². The summed E-state index contributed by atoms with van der Waals surface area (Å²) in [5.41, 5.74) is 4.53. The van der Waals surface area contributed by atoms with Crippen LogP contribution in [0.2, 0.25) is 0 Å². The van der Waals surface area contributed by atoms with Crippen LogP contribution in [0.4, 0.5) is 0 Å². The van der Waals surface area contributed by atoms with Gasteiger partial charge in [-0.3, -0.25) is 0 Å². The van der Waals surface area contributed by atoms with E-state index in [1.54, 1.807) is 0 Å². The Bertz CT molecular complexity index is 414. The number of benzene rings is 1. The standard InChI is InChI=1S/C15H23NO/c1-11-9-12(2)13-5-4-6-15(17,7-8-16-3)14(13)10-11/h9-10,16-17H,4-8H2,1-3H3. The van der Waals surface area contributed by atoms with Crippen LogP contribution in [0.5, 0.6) is 0 Å². The molecule has 0 saturated carbocycles. The maximum Gasteiger partial charge on any atom is 0.0911 e. The molecule has 2 nitrogen and oxygen atoms in total. The summed E-state index contributed by atoms with van der Waals surface area (Å²) in [7, 11) is 1.94. The molecule has 2 heteroatoms. The summed E-state index contributed by atoms with van der Waals surface area (Å²) in [5.74, 6) is 0. The largest absolute Gasteiger partial charge is 0.385 e. The van der Waals surface area contributed by atoms with E-state index in [0.29, 0.717) is 0 Å². The van der Waals surface area contributed by atoms with Crippen molar-refractivity contribution in [2.45, 2.75) is 45.1 Å². The molecular weight excluding hydrogens is 210 g/mol. The van der Waals surface area contributed by atoms with Crippen LogP contribution < -0.4 is 5.32 Å². The van der Waals surface area contributed by atoms with Gasteiger partial charge in [0.05, 0.1) is 5.60 Å². The van der Waals surface area contributed by atoms with Crippen LogP contribution >= 0.6 is 0 Å². The van der Waals surface area contributed by atoms with Crippen molar-refractivity contribution in [2.24, 2.45) is 0 Å². The summed E-state index contributed by atoms with van der Waals surface area (Å²) in [4.78, 5) is 0. The highest BCUT2D eigenvalue weighted by Crippen LogP contribution is 2.39. The van der Waals surface area contributed by atoms with Crippen LogP contribution in [0.15, 0.2) is 12.1 Å². The summed E-state index contributed by atoms with van der Waals surface area (Å²) in [6, 6.07) is 4.40. The van der Waals surface area contributed by atoms with Crippen LogP contribution in [-0.2, 0) is 12.0 Å². The minimum absolute atomic E-state index is 0.618. The van der Waals surface area contributed by atoms with Crippen LogP contribution in [-0.4, -0.2) is 18.7 Å². The number of nitrogens with one attached hydrogen (secondary N) is 1. The first kappa shape index (κ1) is 12.6. The van der Waals surface area contributed by atoms with E-state index in [-0.39, 0.29) is 0 Å². The lowest BCUT2D eigenvalue weighted by Crippen LogP contribution is -2.34. The minimum Gasteiger partial charge on any atom is -0.385 e. The molecule has 2 rings (SSSR count). The zero-order valence-corrected chi connectivity index (χ0v) is 11.1. The van der Waals surface area contributed by atoms with Crippen molar-refractivity contribution in [3.05, 3.63) is 34.4 Å². The summed E-state index contributed by atoms with van der Waals surface area (Å²) in [5, 5.41) is 14.0. The Morgan fingerprint density at radius 1 is 1.35 bits per heavy atom. The fraction of sp³-hybridized carbons (Fsp3) is 0.600. The number of rotatable bonds is 3. The quantitative estimate of drug-likeness (QED) is 0.840. The lowest BCUT2D eigenvalue weighted by molar-refractivity contribution is 0.0107. The fourth-order valence-corrected chi connectivity index (χ4v) is 3.03. The predicted molar refractivity (Wildman–Crippen MR) is 71.3 cm³/mol. The van der Waals surface area contributed by atoms with Gasteiger partial charge in [-0.05, 0) is 69.8 Å². The number of fused-ring (bicyclic) bond motifs is 1. The van der Waals surface area contributed by atoms with Crippen molar-refractivity contribution in [3.8, 4) is 0 Å². The second kappa shape index (κ2) is 4.79. The van der Waals surface area contributed by atoms with Gasteiger partial charge < -0.3 is 10.4 Å². The maximum atomic E-state index is 10.9. The van der Waals surface area contributed by atoms with Gasteiger partial charge in [0.15, 0.2) is 0 Å². The predicted octanol–water partition coefficient (Wildman–Crippen LogP) is 2.44. The molecule has 1 aromatic carbocycles. The van der Waals surface area contributed by atoms with Crippen LogP contribution in [0.1, 0.15) is 41.5 Å². The Kier molecular flexibility index (Phi) is 3.55. The van der Waals surface area contributed by atoms with Gasteiger partial charge in [-0.1, -0.05) is 17.7 Å². The van der Waals surface area contributed by atoms with E-state index in [9.17, 15) is 5.11 Å². The molecule has 94 valence electrons. The van der Waals surface area contributed by atoms with Gasteiger partial charge in [0.25, 0.3) is 0 Å². The third-order valence-electron chi connectivity index (χ3n) is 3.92. The maximum absolute atomic E-state index is 10.9. The summed E-state index contributed by atoms with van der Waals surface area (Å²) >= 11 is 0. The van der Waals surface area contributed by atoms with Gasteiger partial charge in [0, 0.05) is 0 Å². The first-order valence-electron chi connectivity index (χ1n) is 6.54. The smallest absolute Gasteiger partial charge is 0.0911 e. The van der Waals surface area contributed by atoms with Crippen LogP contribution in [0.25, 0.3) is 0 Å². The molecule has 0 spiro atoms. The molecule has 1 atom stereocenters. The van der Waals surface area contributed by atoms with Gasteiger partial charge >= 0.3 is 0 Å². The first-order valence-corrected chi connectivity index (χ1v) is 6.54. The van der Waals surface area contributed by atoms with E-state index in [2.05, 4.69) is 31.3 Å². The second-order valence-corrected chi connectivity index (χ2v) is 5.35. The minimum atomic E-state index is -0.618. The molecule has 0 aromatic heterocycles. The zero-order valence-electron chi connectivity index (χ0n) is 11.1. The van der Waals surface area contributed by atoms with E-state index < -0.39 is 5.60 Å². The highest BCUT2D eigenvalue weighted by Gasteiger charge is 2.34. The molecule has 2 N–H and O–H groups in total. The topological polar surface area (TPSA) is 32.3 Å². The molecule has 0 radical (unpaired) electrons. The highest BCUT2D eigenvalue weighted by atomic mass is 16.3. The Morgan fingerprint density at radius 3 is 2.82 bits per heavy atom. The molecule has 0 aliphatic heterocycles. The second-order valence-electron chi connectivity index (χ2n) is 5.35. The molecule has 1 unspecified atom stereocenters. The van der Waals surface area contributed by atoms with Crippen molar-refractivity contribution >= 4 is 0 Å². The van der Waals surface area contributed by atoms with Crippen molar-refractivity contribution < 1.29 is 5.11 Å². The normalized spacial score (nSPS) is 23.5. The number of hydrogen-bond acceptors (Lipinski definition) is 2. The lowest BCUT2D eigenvalue weighted by atomic mass is 9.75. The molecule has 0 amide bonds.